The Morgan fingerprint density at radius 1 is 1.00 bits per heavy atom. The summed E-state index contributed by atoms with van der Waals surface area (Å²) in [6.07, 6.45) is 0. The van der Waals surface area contributed by atoms with Gasteiger partial charge in [-0.1, -0.05) is 29.8 Å². The molecule has 0 heterocycles. The first-order valence-corrected chi connectivity index (χ1v) is 4.79. The highest BCUT2D eigenvalue weighted by Crippen LogP contribution is 2.26. The Morgan fingerprint density at radius 2 is 1.67 bits per heavy atom. The molecule has 2 N–H and O–H groups in total. The van der Waals surface area contributed by atoms with Crippen molar-refractivity contribution < 1.29 is 4.39 Å². The van der Waals surface area contributed by atoms with Gasteiger partial charge in [0.1, 0.15) is 5.82 Å². The maximum atomic E-state index is 12.8. The minimum absolute atomic E-state index is 0.302. The van der Waals surface area contributed by atoms with Crippen LogP contribution in [0.4, 0.5) is 10.1 Å². The van der Waals surface area contributed by atoms with Crippen LogP contribution in [0.15, 0.2) is 42.5 Å². The van der Waals surface area contributed by atoms with Crippen molar-refractivity contribution in [1.29, 1.82) is 0 Å². The molecule has 15 heavy (non-hydrogen) atoms. The van der Waals surface area contributed by atoms with Gasteiger partial charge in [0.05, 0.1) is 0 Å². The molecule has 1 nitrogen and oxygen atoms in total. The van der Waals surface area contributed by atoms with E-state index in [1.54, 1.807) is 6.07 Å². The number of halogens is 1. The molecule has 2 aromatic carbocycles. The molecular formula is C13H12FN. The highest BCUT2D eigenvalue weighted by Gasteiger charge is 2.02. The number of anilines is 1. The Balaban J connectivity index is 2.49. The Morgan fingerprint density at radius 3 is 2.27 bits per heavy atom. The van der Waals surface area contributed by atoms with E-state index in [4.69, 9.17) is 5.73 Å². The van der Waals surface area contributed by atoms with Gasteiger partial charge in [-0.25, -0.2) is 4.39 Å². The average molecular weight is 201 g/mol. The Bertz CT molecular complexity index is 474. The Kier molecular flexibility index (Phi) is 2.42. The van der Waals surface area contributed by atoms with Crippen molar-refractivity contribution in [2.45, 2.75) is 6.92 Å². The van der Waals surface area contributed by atoms with Gasteiger partial charge < -0.3 is 5.73 Å². The van der Waals surface area contributed by atoms with Crippen molar-refractivity contribution in [2.75, 3.05) is 5.73 Å². The predicted octanol–water partition coefficient (Wildman–Crippen LogP) is 3.38. The second-order valence-electron chi connectivity index (χ2n) is 3.60. The minimum atomic E-state index is -0.302. The predicted molar refractivity (Wildman–Crippen MR) is 61.0 cm³/mol. The van der Waals surface area contributed by atoms with E-state index in [0.29, 0.717) is 5.69 Å². The molecule has 0 aromatic heterocycles. The molecule has 0 bridgehead atoms. The number of hydrogen-bond acceptors (Lipinski definition) is 1. The summed E-state index contributed by atoms with van der Waals surface area (Å²) in [7, 11) is 0. The van der Waals surface area contributed by atoms with E-state index < -0.39 is 0 Å². The third-order valence-electron chi connectivity index (χ3n) is 2.38. The van der Waals surface area contributed by atoms with Crippen LogP contribution < -0.4 is 5.73 Å². The van der Waals surface area contributed by atoms with Gasteiger partial charge in [-0.3, -0.25) is 0 Å². The van der Waals surface area contributed by atoms with Crippen molar-refractivity contribution in [2.24, 2.45) is 0 Å². The van der Waals surface area contributed by atoms with Crippen LogP contribution in [0.2, 0.25) is 0 Å². The van der Waals surface area contributed by atoms with E-state index >= 15 is 0 Å². The lowest BCUT2D eigenvalue weighted by Gasteiger charge is -2.06. The Labute approximate surface area is 88.4 Å². The summed E-state index contributed by atoms with van der Waals surface area (Å²) in [6, 6.07) is 12.5. The zero-order chi connectivity index (χ0) is 10.8. The summed E-state index contributed by atoms with van der Waals surface area (Å²) in [4.78, 5) is 0. The van der Waals surface area contributed by atoms with Gasteiger partial charge in [-0.15, -0.1) is 0 Å². The summed E-state index contributed by atoms with van der Waals surface area (Å²) >= 11 is 0. The van der Waals surface area contributed by atoms with E-state index in [9.17, 15) is 4.39 Å². The first-order chi connectivity index (χ1) is 7.16. The molecule has 0 saturated heterocycles. The molecule has 0 spiro atoms. The van der Waals surface area contributed by atoms with Crippen molar-refractivity contribution in [3.63, 3.8) is 0 Å². The molecule has 76 valence electrons. The topological polar surface area (TPSA) is 26.0 Å². The fraction of sp³-hybridized carbons (Fsp3) is 0.0769. The molecule has 0 atom stereocenters. The van der Waals surface area contributed by atoms with Crippen LogP contribution in [0.5, 0.6) is 0 Å². The maximum absolute atomic E-state index is 12.8. The molecule has 0 amide bonds. The molecule has 0 saturated carbocycles. The molecule has 2 heteroatoms. The SMILES string of the molecule is Cc1ccc(-c2ccc(F)cc2N)cc1. The molecule has 2 aromatic rings. The largest absolute Gasteiger partial charge is 0.398 e. The molecule has 0 radical (unpaired) electrons. The second-order valence-corrected chi connectivity index (χ2v) is 3.60. The van der Waals surface area contributed by atoms with Gasteiger partial charge in [-0.2, -0.15) is 0 Å². The number of aryl methyl sites for hydroxylation is 1. The summed E-state index contributed by atoms with van der Waals surface area (Å²) in [5.74, 6) is -0.302. The molecule has 2 rings (SSSR count). The lowest BCUT2D eigenvalue weighted by molar-refractivity contribution is 0.628. The quantitative estimate of drug-likeness (QED) is 0.703. The zero-order valence-electron chi connectivity index (χ0n) is 8.50. The van der Waals surface area contributed by atoms with Crippen LogP contribution in [0.25, 0.3) is 11.1 Å². The number of nitrogen functional groups attached to an aromatic ring is 1. The summed E-state index contributed by atoms with van der Waals surface area (Å²) in [5.41, 5.74) is 9.30. The van der Waals surface area contributed by atoms with Crippen molar-refractivity contribution in [1.82, 2.24) is 0 Å². The van der Waals surface area contributed by atoms with Crippen LogP contribution >= 0.6 is 0 Å². The highest BCUT2D eigenvalue weighted by atomic mass is 19.1. The molecule has 0 fully saturated rings. The van der Waals surface area contributed by atoms with Crippen LogP contribution in [0.1, 0.15) is 5.56 Å². The average Bonchev–Trinajstić information content (AvgIpc) is 2.20. The van der Waals surface area contributed by atoms with Gasteiger partial charge in [0.15, 0.2) is 0 Å². The third-order valence-corrected chi connectivity index (χ3v) is 2.38. The number of benzene rings is 2. The molecule has 0 aliphatic carbocycles. The van der Waals surface area contributed by atoms with E-state index in [-0.39, 0.29) is 5.82 Å². The first kappa shape index (κ1) is 9.71. The Hall–Kier alpha value is -1.83. The number of hydrogen-bond donors (Lipinski definition) is 1. The lowest BCUT2D eigenvalue weighted by Crippen LogP contribution is -1.91. The summed E-state index contributed by atoms with van der Waals surface area (Å²) < 4.78 is 12.8. The van der Waals surface area contributed by atoms with Crippen LogP contribution in [-0.4, -0.2) is 0 Å². The van der Waals surface area contributed by atoms with Crippen LogP contribution in [-0.2, 0) is 0 Å². The minimum Gasteiger partial charge on any atom is -0.398 e. The van der Waals surface area contributed by atoms with E-state index in [2.05, 4.69) is 0 Å². The fourth-order valence-corrected chi connectivity index (χ4v) is 1.53. The molecule has 0 unspecified atom stereocenters. The van der Waals surface area contributed by atoms with Crippen molar-refractivity contribution in [3.8, 4) is 11.1 Å². The van der Waals surface area contributed by atoms with Crippen molar-refractivity contribution >= 4 is 5.69 Å². The van der Waals surface area contributed by atoms with E-state index in [0.717, 1.165) is 11.1 Å². The zero-order valence-corrected chi connectivity index (χ0v) is 8.50. The normalized spacial score (nSPS) is 10.3. The number of nitrogens with two attached hydrogens (primary N) is 1. The first-order valence-electron chi connectivity index (χ1n) is 4.79. The summed E-state index contributed by atoms with van der Waals surface area (Å²) in [6.45, 7) is 2.03. The van der Waals surface area contributed by atoms with Crippen LogP contribution in [0, 0.1) is 12.7 Å². The molecule has 0 aliphatic rings. The van der Waals surface area contributed by atoms with Gasteiger partial charge in [0, 0.05) is 11.3 Å². The molecular weight excluding hydrogens is 189 g/mol. The van der Waals surface area contributed by atoms with E-state index in [1.807, 2.05) is 31.2 Å². The van der Waals surface area contributed by atoms with Crippen molar-refractivity contribution in [3.05, 3.63) is 53.8 Å². The smallest absolute Gasteiger partial charge is 0.125 e. The second kappa shape index (κ2) is 3.73. The van der Waals surface area contributed by atoms with Gasteiger partial charge in [0.2, 0.25) is 0 Å². The van der Waals surface area contributed by atoms with E-state index in [1.165, 1.54) is 17.7 Å². The monoisotopic (exact) mass is 201 g/mol. The van der Waals surface area contributed by atoms with Gasteiger partial charge in [-0.05, 0) is 30.7 Å². The summed E-state index contributed by atoms with van der Waals surface area (Å²) in [5, 5.41) is 0. The standard InChI is InChI=1S/C13H12FN/c1-9-2-4-10(5-3-9)12-7-6-11(14)8-13(12)15/h2-8H,15H2,1H3. The maximum Gasteiger partial charge on any atom is 0.125 e. The van der Waals surface area contributed by atoms with Gasteiger partial charge >= 0.3 is 0 Å². The molecule has 0 aliphatic heterocycles. The third kappa shape index (κ3) is 1.99. The highest BCUT2D eigenvalue weighted by molar-refractivity contribution is 5.76. The lowest BCUT2D eigenvalue weighted by atomic mass is 10.0. The fourth-order valence-electron chi connectivity index (χ4n) is 1.53. The van der Waals surface area contributed by atoms with Gasteiger partial charge in [0.25, 0.3) is 0 Å². The van der Waals surface area contributed by atoms with Crippen LogP contribution in [0.3, 0.4) is 0 Å². The number of rotatable bonds is 1.